The van der Waals surface area contributed by atoms with Crippen LogP contribution < -0.4 is 5.32 Å². The molecule has 3 rings (SSSR count). The molecule has 1 aromatic heterocycles. The van der Waals surface area contributed by atoms with Crippen molar-refractivity contribution < 1.29 is 19.1 Å². The average Bonchev–Trinajstić information content (AvgIpc) is 3.27. The van der Waals surface area contributed by atoms with E-state index in [0.29, 0.717) is 29.8 Å². The molecular formula is C20H19N5O4. The lowest BCUT2D eigenvalue weighted by Gasteiger charge is -2.07. The molecule has 0 saturated carbocycles. The lowest BCUT2D eigenvalue weighted by molar-refractivity contribution is -0.118. The zero-order valence-electron chi connectivity index (χ0n) is 15.7. The van der Waals surface area contributed by atoms with Gasteiger partial charge < -0.3 is 10.1 Å². The van der Waals surface area contributed by atoms with Crippen molar-refractivity contribution in [3.05, 3.63) is 71.5 Å². The Morgan fingerprint density at radius 2 is 1.69 bits per heavy atom. The molecule has 1 N–H and O–H groups in total. The number of aromatic nitrogens is 4. The summed E-state index contributed by atoms with van der Waals surface area (Å²) in [4.78, 5) is 35.3. The Kier molecular flexibility index (Phi) is 6.41. The second-order valence-corrected chi connectivity index (χ2v) is 6.23. The normalized spacial score (nSPS) is 10.4. The van der Waals surface area contributed by atoms with Gasteiger partial charge in [-0.05, 0) is 46.7 Å². The lowest BCUT2D eigenvalue weighted by Crippen LogP contribution is -2.22. The third-order valence-electron chi connectivity index (χ3n) is 4.11. The molecule has 29 heavy (non-hydrogen) atoms. The molecule has 0 unspecified atom stereocenters. The van der Waals surface area contributed by atoms with E-state index >= 15 is 0 Å². The summed E-state index contributed by atoms with van der Waals surface area (Å²) in [7, 11) is 0. The fraction of sp³-hybridized carbons (Fsp3) is 0.200. The summed E-state index contributed by atoms with van der Waals surface area (Å²) in [6.45, 7) is 1.65. The van der Waals surface area contributed by atoms with E-state index in [2.05, 4.69) is 20.8 Å². The molecule has 0 fully saturated rings. The van der Waals surface area contributed by atoms with Gasteiger partial charge in [-0.3, -0.25) is 9.59 Å². The van der Waals surface area contributed by atoms with Gasteiger partial charge in [0.25, 0.3) is 0 Å². The second-order valence-electron chi connectivity index (χ2n) is 6.23. The molecule has 0 aliphatic carbocycles. The summed E-state index contributed by atoms with van der Waals surface area (Å²) >= 11 is 0. The van der Waals surface area contributed by atoms with Gasteiger partial charge in [-0.25, -0.2) is 9.48 Å². The molecule has 0 radical (unpaired) electrons. The highest BCUT2D eigenvalue weighted by molar-refractivity contribution is 5.99. The van der Waals surface area contributed by atoms with Gasteiger partial charge in [0, 0.05) is 19.0 Å². The molecule has 0 aliphatic rings. The fourth-order valence-corrected chi connectivity index (χ4v) is 2.57. The number of Topliss-reactive ketones (excluding diaryl/α,β-unsaturated/α-hetero) is 1. The van der Waals surface area contributed by atoms with Crippen LogP contribution in [0.25, 0.3) is 5.69 Å². The first-order valence-corrected chi connectivity index (χ1v) is 8.90. The van der Waals surface area contributed by atoms with E-state index in [1.165, 1.54) is 17.9 Å². The molecule has 148 valence electrons. The molecule has 0 atom stereocenters. The Hall–Kier alpha value is -3.88. The smallest absolute Gasteiger partial charge is 0.338 e. The van der Waals surface area contributed by atoms with Gasteiger partial charge in [0.2, 0.25) is 5.91 Å². The summed E-state index contributed by atoms with van der Waals surface area (Å²) in [5, 5.41) is 13.6. The quantitative estimate of drug-likeness (QED) is 0.454. The van der Waals surface area contributed by atoms with Crippen LogP contribution in [0.5, 0.6) is 0 Å². The predicted molar refractivity (Wildman–Crippen MR) is 103 cm³/mol. The van der Waals surface area contributed by atoms with Crippen molar-refractivity contribution in [3.63, 3.8) is 0 Å². The number of ether oxygens (including phenoxy) is 1. The molecule has 9 nitrogen and oxygen atoms in total. The van der Waals surface area contributed by atoms with Crippen molar-refractivity contribution in [3.8, 4) is 5.69 Å². The Morgan fingerprint density at radius 3 is 2.31 bits per heavy atom. The number of hydrogen-bond acceptors (Lipinski definition) is 7. The van der Waals surface area contributed by atoms with Crippen LogP contribution in [-0.4, -0.2) is 51.0 Å². The Bertz CT molecular complexity index is 983. The van der Waals surface area contributed by atoms with Crippen LogP contribution in [0.3, 0.4) is 0 Å². The Labute approximate surface area is 166 Å². The maximum Gasteiger partial charge on any atom is 0.338 e. The number of amides is 1. The third-order valence-corrected chi connectivity index (χ3v) is 4.11. The monoisotopic (exact) mass is 393 g/mol. The van der Waals surface area contributed by atoms with E-state index in [1.807, 2.05) is 12.1 Å². The lowest BCUT2D eigenvalue weighted by atomic mass is 10.1. The maximum atomic E-state index is 12.2. The first-order chi connectivity index (χ1) is 14.0. The minimum Gasteiger partial charge on any atom is -0.454 e. The Balaban J connectivity index is 1.50. The van der Waals surface area contributed by atoms with Crippen LogP contribution in [0.1, 0.15) is 33.2 Å². The summed E-state index contributed by atoms with van der Waals surface area (Å²) in [6, 6.07) is 13.5. The molecule has 9 heteroatoms. The minimum absolute atomic E-state index is 0.0799. The van der Waals surface area contributed by atoms with Crippen molar-refractivity contribution in [2.24, 2.45) is 0 Å². The number of nitrogens with one attached hydrogen (secondary N) is 1. The van der Waals surface area contributed by atoms with Gasteiger partial charge in [0.05, 0.1) is 11.3 Å². The van der Waals surface area contributed by atoms with Crippen molar-refractivity contribution in [1.29, 1.82) is 0 Å². The third kappa shape index (κ3) is 5.55. The highest BCUT2D eigenvalue weighted by Crippen LogP contribution is 2.10. The summed E-state index contributed by atoms with van der Waals surface area (Å²) < 4.78 is 6.57. The number of nitrogens with zero attached hydrogens (tertiary/aromatic N) is 4. The van der Waals surface area contributed by atoms with Crippen LogP contribution in [-0.2, 0) is 16.0 Å². The topological polar surface area (TPSA) is 116 Å². The Morgan fingerprint density at radius 1 is 1.00 bits per heavy atom. The van der Waals surface area contributed by atoms with Gasteiger partial charge >= 0.3 is 5.97 Å². The molecule has 2 aromatic carbocycles. The van der Waals surface area contributed by atoms with E-state index in [1.54, 1.807) is 36.4 Å². The van der Waals surface area contributed by atoms with E-state index in [0.717, 1.165) is 5.56 Å². The van der Waals surface area contributed by atoms with Crippen LogP contribution in [0, 0.1) is 0 Å². The standard InChI is InChI=1S/C20H19N5O4/c1-14(26)21-11-10-15-2-4-16(5-3-15)19(27)12-29-20(28)17-6-8-18(9-7-17)25-13-22-23-24-25/h2-9,13H,10-12H2,1H3,(H,21,26). The van der Waals surface area contributed by atoms with Gasteiger partial charge in [0.15, 0.2) is 12.4 Å². The number of benzene rings is 2. The molecule has 0 bridgehead atoms. The number of esters is 1. The van der Waals surface area contributed by atoms with Crippen molar-refractivity contribution in [2.75, 3.05) is 13.2 Å². The number of rotatable bonds is 8. The summed E-state index contributed by atoms with van der Waals surface area (Å²) in [5.41, 5.74) is 2.47. The minimum atomic E-state index is -0.589. The first kappa shape index (κ1) is 19.9. The predicted octanol–water partition coefficient (Wildman–Crippen LogP) is 1.38. The number of ketones is 1. The molecular weight excluding hydrogens is 374 g/mol. The van der Waals surface area contributed by atoms with Crippen LogP contribution in [0.4, 0.5) is 0 Å². The number of hydrogen-bond donors (Lipinski definition) is 1. The van der Waals surface area contributed by atoms with E-state index in [4.69, 9.17) is 4.74 Å². The van der Waals surface area contributed by atoms with E-state index in [9.17, 15) is 14.4 Å². The highest BCUT2D eigenvalue weighted by atomic mass is 16.5. The van der Waals surface area contributed by atoms with Crippen molar-refractivity contribution in [2.45, 2.75) is 13.3 Å². The van der Waals surface area contributed by atoms with Crippen molar-refractivity contribution in [1.82, 2.24) is 25.5 Å². The summed E-state index contributed by atoms with van der Waals surface area (Å²) in [6.07, 6.45) is 2.11. The first-order valence-electron chi connectivity index (χ1n) is 8.90. The van der Waals surface area contributed by atoms with Gasteiger partial charge in [-0.1, -0.05) is 24.3 Å². The molecule has 1 amide bonds. The highest BCUT2D eigenvalue weighted by Gasteiger charge is 2.12. The fourth-order valence-electron chi connectivity index (χ4n) is 2.57. The van der Waals surface area contributed by atoms with Gasteiger partial charge in [0.1, 0.15) is 6.33 Å². The van der Waals surface area contributed by atoms with Gasteiger partial charge in [-0.15, -0.1) is 5.10 Å². The average molecular weight is 393 g/mol. The van der Waals surface area contributed by atoms with E-state index < -0.39 is 5.97 Å². The summed E-state index contributed by atoms with van der Waals surface area (Å²) in [5.74, 6) is -0.964. The van der Waals surface area contributed by atoms with Crippen LogP contribution in [0.15, 0.2) is 54.9 Å². The zero-order chi connectivity index (χ0) is 20.6. The largest absolute Gasteiger partial charge is 0.454 e. The SMILES string of the molecule is CC(=O)NCCc1ccc(C(=O)COC(=O)c2ccc(-n3cnnn3)cc2)cc1. The number of carbonyl (C=O) groups excluding carboxylic acids is 3. The molecule has 0 saturated heterocycles. The number of tetrazole rings is 1. The molecule has 1 heterocycles. The van der Waals surface area contributed by atoms with Crippen LogP contribution in [0.2, 0.25) is 0 Å². The molecule has 0 aliphatic heterocycles. The maximum absolute atomic E-state index is 12.2. The van der Waals surface area contributed by atoms with Gasteiger partial charge in [-0.2, -0.15) is 0 Å². The van der Waals surface area contributed by atoms with Crippen molar-refractivity contribution >= 4 is 17.7 Å². The second kappa shape index (κ2) is 9.36. The molecule has 0 spiro atoms. The number of carbonyl (C=O) groups is 3. The zero-order valence-corrected chi connectivity index (χ0v) is 15.7. The van der Waals surface area contributed by atoms with Crippen LogP contribution >= 0.6 is 0 Å². The van der Waals surface area contributed by atoms with E-state index in [-0.39, 0.29) is 18.3 Å². The molecule has 3 aromatic rings.